The summed E-state index contributed by atoms with van der Waals surface area (Å²) in [7, 11) is 0. The number of likely N-dealkylation sites (tertiary alicyclic amines) is 1. The Labute approximate surface area is 209 Å². The fourth-order valence-corrected chi connectivity index (χ4v) is 4.46. The highest BCUT2D eigenvalue weighted by Gasteiger charge is 2.36. The van der Waals surface area contributed by atoms with Crippen molar-refractivity contribution in [3.8, 4) is 28.6 Å². The van der Waals surface area contributed by atoms with Crippen LogP contribution in [0.4, 0.5) is 18.0 Å². The first-order valence-electron chi connectivity index (χ1n) is 11.9. The van der Waals surface area contributed by atoms with Crippen LogP contribution < -0.4 is 14.2 Å². The Morgan fingerprint density at radius 3 is 2.73 bits per heavy atom. The number of hydrogen-bond donors (Lipinski definition) is 1. The van der Waals surface area contributed by atoms with Gasteiger partial charge in [-0.1, -0.05) is 11.2 Å². The predicted octanol–water partition coefficient (Wildman–Crippen LogP) is 5.35. The number of aryl methyl sites for hydroxylation is 1. The first-order chi connectivity index (χ1) is 17.8. The van der Waals surface area contributed by atoms with Gasteiger partial charge in [0.25, 0.3) is 0 Å². The molecule has 1 unspecified atom stereocenters. The number of amides is 1. The van der Waals surface area contributed by atoms with Gasteiger partial charge in [0.05, 0.1) is 12.2 Å². The van der Waals surface area contributed by atoms with Gasteiger partial charge in [0.2, 0.25) is 11.7 Å². The van der Waals surface area contributed by atoms with Crippen molar-refractivity contribution in [3.63, 3.8) is 0 Å². The average Bonchev–Trinajstić information content (AvgIpc) is 3.56. The molecule has 0 bridgehead atoms. The van der Waals surface area contributed by atoms with Crippen LogP contribution in [-0.2, 0) is 12.6 Å². The number of alkyl halides is 3. The molecule has 0 saturated carbocycles. The van der Waals surface area contributed by atoms with Crippen LogP contribution in [0.3, 0.4) is 0 Å². The Kier molecular flexibility index (Phi) is 6.81. The zero-order valence-electron chi connectivity index (χ0n) is 19.7. The number of aromatic nitrogens is 2. The standard InChI is InChI=1S/C25H24F3N3O6/c26-25(27,28)17-14-16(22-29-23(37-30-22)18-4-1-9-31(18)24(32)33)6-8-19(17)34-10-2-3-15-5-7-20-21(13-15)36-12-11-35-20/h5-8,13-14,18H,1-4,9-12H2,(H,32,33). The Hall–Kier alpha value is -3.96. The van der Waals surface area contributed by atoms with Crippen LogP contribution in [0.5, 0.6) is 17.2 Å². The summed E-state index contributed by atoms with van der Waals surface area (Å²) in [6.07, 6.45) is -3.56. The summed E-state index contributed by atoms with van der Waals surface area (Å²) in [5.74, 6) is 1.05. The molecular formula is C25H24F3N3O6. The number of benzene rings is 2. The van der Waals surface area contributed by atoms with Crippen molar-refractivity contribution in [2.75, 3.05) is 26.4 Å². The highest BCUT2D eigenvalue weighted by atomic mass is 19.4. The number of carboxylic acid groups (broad SMARTS) is 1. The van der Waals surface area contributed by atoms with E-state index >= 15 is 0 Å². The summed E-state index contributed by atoms with van der Waals surface area (Å²) in [4.78, 5) is 16.7. The summed E-state index contributed by atoms with van der Waals surface area (Å²) in [6.45, 7) is 1.38. The third-order valence-corrected chi connectivity index (χ3v) is 6.24. The van der Waals surface area contributed by atoms with E-state index in [9.17, 15) is 23.1 Å². The van der Waals surface area contributed by atoms with Crippen LogP contribution in [0, 0.1) is 0 Å². The van der Waals surface area contributed by atoms with Crippen molar-refractivity contribution in [1.29, 1.82) is 0 Å². The van der Waals surface area contributed by atoms with Crippen molar-refractivity contribution in [3.05, 3.63) is 53.4 Å². The normalized spacial score (nSPS) is 17.2. The SMILES string of the molecule is O=C(O)N1CCCC1c1nc(-c2ccc(OCCCc3ccc4c(c3)OCCO4)c(C(F)(F)F)c2)no1. The van der Waals surface area contributed by atoms with E-state index in [1.165, 1.54) is 17.0 Å². The summed E-state index contributed by atoms with van der Waals surface area (Å²) in [6, 6.07) is 8.53. The molecule has 0 spiro atoms. The number of ether oxygens (including phenoxy) is 3. The maximum atomic E-state index is 13.8. The second-order valence-corrected chi connectivity index (χ2v) is 8.73. The van der Waals surface area contributed by atoms with Gasteiger partial charge in [0, 0.05) is 12.1 Å². The molecular weight excluding hydrogens is 495 g/mol. The molecule has 0 aliphatic carbocycles. The molecule has 196 valence electrons. The molecule has 3 aromatic rings. The lowest BCUT2D eigenvalue weighted by atomic mass is 10.1. The van der Waals surface area contributed by atoms with Gasteiger partial charge < -0.3 is 23.8 Å². The van der Waals surface area contributed by atoms with Gasteiger partial charge in [-0.25, -0.2) is 4.79 Å². The van der Waals surface area contributed by atoms with Crippen LogP contribution in [-0.4, -0.2) is 52.6 Å². The Bertz CT molecular complexity index is 1280. The van der Waals surface area contributed by atoms with E-state index in [1.807, 2.05) is 18.2 Å². The van der Waals surface area contributed by atoms with Crippen LogP contribution in [0.2, 0.25) is 0 Å². The average molecular weight is 519 g/mol. The Balaban J connectivity index is 1.26. The molecule has 1 fully saturated rings. The van der Waals surface area contributed by atoms with Gasteiger partial charge in [-0.3, -0.25) is 4.90 Å². The zero-order chi connectivity index (χ0) is 26.0. The fraction of sp³-hybridized carbons (Fsp3) is 0.400. The molecule has 1 aromatic heterocycles. The van der Waals surface area contributed by atoms with Gasteiger partial charge in [-0.2, -0.15) is 18.2 Å². The van der Waals surface area contributed by atoms with E-state index in [4.69, 9.17) is 18.7 Å². The van der Waals surface area contributed by atoms with Crippen LogP contribution >= 0.6 is 0 Å². The summed E-state index contributed by atoms with van der Waals surface area (Å²) < 4.78 is 63.2. The van der Waals surface area contributed by atoms with Crippen molar-refractivity contribution in [1.82, 2.24) is 15.0 Å². The van der Waals surface area contributed by atoms with Crippen LogP contribution in [0.1, 0.15) is 42.3 Å². The molecule has 3 heterocycles. The monoisotopic (exact) mass is 519 g/mol. The maximum absolute atomic E-state index is 13.8. The molecule has 37 heavy (non-hydrogen) atoms. The molecule has 2 aliphatic rings. The van der Waals surface area contributed by atoms with Gasteiger partial charge in [-0.15, -0.1) is 0 Å². The first kappa shape index (κ1) is 24.7. The number of fused-ring (bicyclic) bond motifs is 1. The molecule has 0 radical (unpaired) electrons. The topological polar surface area (TPSA) is 107 Å². The highest BCUT2D eigenvalue weighted by Crippen LogP contribution is 2.39. The zero-order valence-corrected chi connectivity index (χ0v) is 19.7. The number of rotatable bonds is 7. The van der Waals surface area contributed by atoms with Gasteiger partial charge in [-0.05, 0) is 61.6 Å². The number of halogens is 3. The second kappa shape index (κ2) is 10.2. The lowest BCUT2D eigenvalue weighted by Crippen LogP contribution is -2.28. The fourth-order valence-electron chi connectivity index (χ4n) is 4.46. The van der Waals surface area contributed by atoms with E-state index in [-0.39, 0.29) is 29.6 Å². The molecule has 1 atom stereocenters. The summed E-state index contributed by atoms with van der Waals surface area (Å²) >= 11 is 0. The van der Waals surface area contributed by atoms with Gasteiger partial charge >= 0.3 is 12.3 Å². The summed E-state index contributed by atoms with van der Waals surface area (Å²) in [5.41, 5.74) is 0.102. The van der Waals surface area contributed by atoms with Crippen molar-refractivity contribution >= 4 is 6.09 Å². The smallest absolute Gasteiger partial charge is 0.419 e. The highest BCUT2D eigenvalue weighted by molar-refractivity contribution is 5.66. The number of hydrogen-bond acceptors (Lipinski definition) is 7. The maximum Gasteiger partial charge on any atom is 0.419 e. The quantitative estimate of drug-likeness (QED) is 0.416. The third kappa shape index (κ3) is 5.42. The number of carbonyl (C=O) groups is 1. The van der Waals surface area contributed by atoms with Crippen molar-refractivity contribution < 1.29 is 41.8 Å². The van der Waals surface area contributed by atoms with E-state index < -0.39 is 23.9 Å². The lowest BCUT2D eigenvalue weighted by Gasteiger charge is -2.19. The molecule has 9 nitrogen and oxygen atoms in total. The third-order valence-electron chi connectivity index (χ3n) is 6.24. The largest absolute Gasteiger partial charge is 0.493 e. The van der Waals surface area contributed by atoms with Crippen LogP contribution in [0.25, 0.3) is 11.4 Å². The van der Waals surface area contributed by atoms with E-state index in [0.717, 1.165) is 11.6 Å². The van der Waals surface area contributed by atoms with E-state index in [1.54, 1.807) is 0 Å². The first-order valence-corrected chi connectivity index (χ1v) is 11.9. The molecule has 2 aromatic carbocycles. The minimum absolute atomic E-state index is 0.0529. The van der Waals surface area contributed by atoms with E-state index in [0.29, 0.717) is 56.9 Å². The second-order valence-electron chi connectivity index (χ2n) is 8.73. The van der Waals surface area contributed by atoms with Crippen LogP contribution in [0.15, 0.2) is 40.9 Å². The lowest BCUT2D eigenvalue weighted by molar-refractivity contribution is -0.138. The number of nitrogens with zero attached hydrogens (tertiary/aromatic N) is 3. The predicted molar refractivity (Wildman–Crippen MR) is 123 cm³/mol. The van der Waals surface area contributed by atoms with Gasteiger partial charge in [0.15, 0.2) is 11.5 Å². The molecule has 1 N–H and O–H groups in total. The molecule has 1 saturated heterocycles. The minimum atomic E-state index is -4.67. The van der Waals surface area contributed by atoms with Crippen molar-refractivity contribution in [2.24, 2.45) is 0 Å². The Morgan fingerprint density at radius 1 is 1.14 bits per heavy atom. The minimum Gasteiger partial charge on any atom is -0.493 e. The molecule has 1 amide bonds. The summed E-state index contributed by atoms with van der Waals surface area (Å²) in [5, 5.41) is 13.1. The molecule has 5 rings (SSSR count). The Morgan fingerprint density at radius 2 is 1.95 bits per heavy atom. The van der Waals surface area contributed by atoms with Crippen molar-refractivity contribution in [2.45, 2.75) is 37.9 Å². The van der Waals surface area contributed by atoms with E-state index in [2.05, 4.69) is 10.1 Å². The molecule has 2 aliphatic heterocycles. The molecule has 12 heteroatoms. The van der Waals surface area contributed by atoms with Gasteiger partial charge in [0.1, 0.15) is 25.0 Å².